The molecule has 0 aromatic carbocycles. The normalized spacial score (nSPS) is 40.4. The zero-order valence-corrected chi connectivity index (χ0v) is 19.0. The fourth-order valence-electron chi connectivity index (χ4n) is 7.27. The van der Waals surface area contributed by atoms with Gasteiger partial charge in [0.1, 0.15) is 6.10 Å². The largest absolute Gasteiger partial charge is 0.462 e. The molecule has 0 saturated heterocycles. The summed E-state index contributed by atoms with van der Waals surface area (Å²) in [6.07, 6.45) is 12.4. The fraction of sp³-hybridized carbons (Fsp3) is 0.720. The number of nitrogens with zero attached hydrogens (tertiary/aromatic N) is 1. The van der Waals surface area contributed by atoms with Gasteiger partial charge in [-0.1, -0.05) is 36.7 Å². The van der Waals surface area contributed by atoms with Crippen molar-refractivity contribution in [2.45, 2.75) is 85.7 Å². The average molecular weight is 414 g/mol. The highest BCUT2D eigenvalue weighted by molar-refractivity contribution is 5.99. The molecule has 30 heavy (non-hydrogen) atoms. The summed E-state index contributed by atoms with van der Waals surface area (Å²) in [4.78, 5) is 27.5. The van der Waals surface area contributed by atoms with Gasteiger partial charge in [-0.25, -0.2) is 4.79 Å². The van der Waals surface area contributed by atoms with Crippen LogP contribution in [0.15, 0.2) is 28.5 Å². The van der Waals surface area contributed by atoms with Crippen molar-refractivity contribution in [2.24, 2.45) is 33.7 Å². The molecular weight excluding hydrogens is 378 g/mol. The maximum atomic E-state index is 11.4. The second-order valence-electron chi connectivity index (χ2n) is 10.3. The zero-order valence-electron chi connectivity index (χ0n) is 19.0. The number of hydrogen-bond donors (Lipinski definition) is 0. The van der Waals surface area contributed by atoms with Crippen LogP contribution in [-0.2, 0) is 19.2 Å². The molecule has 5 heteroatoms. The minimum atomic E-state index is -0.374. The summed E-state index contributed by atoms with van der Waals surface area (Å²) in [6.45, 7) is 9.71. The summed E-state index contributed by atoms with van der Waals surface area (Å²) in [6, 6.07) is 0. The number of rotatable bonds is 3. The lowest BCUT2D eigenvalue weighted by Gasteiger charge is -2.57. The van der Waals surface area contributed by atoms with Crippen molar-refractivity contribution in [1.29, 1.82) is 0 Å². The van der Waals surface area contributed by atoms with E-state index in [0.717, 1.165) is 44.2 Å². The van der Waals surface area contributed by atoms with Crippen LogP contribution >= 0.6 is 0 Å². The van der Waals surface area contributed by atoms with Gasteiger partial charge in [-0.2, -0.15) is 0 Å². The van der Waals surface area contributed by atoms with Crippen LogP contribution < -0.4 is 0 Å². The lowest BCUT2D eigenvalue weighted by atomic mass is 9.47. The summed E-state index contributed by atoms with van der Waals surface area (Å²) in [5.74, 6) is 1.42. The van der Waals surface area contributed by atoms with Gasteiger partial charge in [-0.15, -0.1) is 0 Å². The number of ether oxygens (including phenoxy) is 1. The summed E-state index contributed by atoms with van der Waals surface area (Å²) >= 11 is 0. The minimum absolute atomic E-state index is 0.0483. The van der Waals surface area contributed by atoms with E-state index in [0.29, 0.717) is 17.8 Å². The van der Waals surface area contributed by atoms with Crippen molar-refractivity contribution in [3.8, 4) is 0 Å². The van der Waals surface area contributed by atoms with Crippen LogP contribution in [-0.4, -0.2) is 23.8 Å². The molecule has 4 aliphatic carbocycles. The van der Waals surface area contributed by atoms with E-state index in [1.54, 1.807) is 0 Å². The molecule has 0 aromatic rings. The number of oxime groups is 1. The Morgan fingerprint density at radius 3 is 2.40 bits per heavy atom. The van der Waals surface area contributed by atoms with Gasteiger partial charge in [0.05, 0.1) is 5.71 Å². The Morgan fingerprint density at radius 1 is 0.967 bits per heavy atom. The standard InChI is InChI=1S/C25H35NO4/c1-15(26-30-17(3)28)21-8-9-22-20-7-6-18-14-19(29-16(2)27)10-12-24(18,4)23(20)11-13-25(21,22)5/h6,8,19-20,22-23H,7,9-14H2,1-5H3/b26-15+. The molecule has 164 valence electrons. The predicted octanol–water partition coefficient (Wildman–Crippen LogP) is 5.36. The molecule has 0 aromatic heterocycles. The van der Waals surface area contributed by atoms with Crippen LogP contribution in [0.5, 0.6) is 0 Å². The number of esters is 1. The van der Waals surface area contributed by atoms with E-state index in [-0.39, 0.29) is 28.9 Å². The molecule has 0 N–H and O–H groups in total. The molecule has 4 aliphatic rings. The lowest BCUT2D eigenvalue weighted by molar-refractivity contribution is -0.148. The van der Waals surface area contributed by atoms with Gasteiger partial charge in [0.15, 0.2) is 0 Å². The minimum Gasteiger partial charge on any atom is -0.462 e. The Kier molecular flexibility index (Phi) is 5.44. The highest BCUT2D eigenvalue weighted by Crippen LogP contribution is 2.65. The quantitative estimate of drug-likeness (QED) is 0.205. The number of fused-ring (bicyclic) bond motifs is 5. The number of carbonyl (C=O) groups excluding carboxylic acids is 2. The van der Waals surface area contributed by atoms with E-state index in [4.69, 9.17) is 9.57 Å². The van der Waals surface area contributed by atoms with Crippen LogP contribution in [0, 0.1) is 28.6 Å². The summed E-state index contributed by atoms with van der Waals surface area (Å²) in [7, 11) is 0. The second kappa shape index (κ2) is 7.65. The number of carbonyl (C=O) groups is 2. The van der Waals surface area contributed by atoms with E-state index >= 15 is 0 Å². The van der Waals surface area contributed by atoms with Gasteiger partial charge in [-0.05, 0) is 79.6 Å². The second-order valence-corrected chi connectivity index (χ2v) is 10.3. The molecule has 2 fully saturated rings. The summed E-state index contributed by atoms with van der Waals surface area (Å²) < 4.78 is 5.55. The average Bonchev–Trinajstić information content (AvgIpc) is 3.03. The van der Waals surface area contributed by atoms with E-state index in [1.807, 2.05) is 6.92 Å². The van der Waals surface area contributed by atoms with Crippen LogP contribution in [0.25, 0.3) is 0 Å². The first-order valence-electron chi connectivity index (χ1n) is 11.4. The zero-order chi connectivity index (χ0) is 21.7. The first-order valence-corrected chi connectivity index (χ1v) is 11.4. The Labute approximate surface area is 179 Å². The highest BCUT2D eigenvalue weighted by atomic mass is 16.7. The van der Waals surface area contributed by atoms with Crippen LogP contribution in [0.3, 0.4) is 0 Å². The van der Waals surface area contributed by atoms with Crippen molar-refractivity contribution >= 4 is 17.7 Å². The maximum Gasteiger partial charge on any atom is 0.331 e. The number of hydrogen-bond acceptors (Lipinski definition) is 5. The molecule has 6 atom stereocenters. The third kappa shape index (κ3) is 3.44. The number of allylic oxidation sites excluding steroid dienone is 3. The third-order valence-electron chi connectivity index (χ3n) is 8.67. The van der Waals surface area contributed by atoms with Crippen LogP contribution in [0.2, 0.25) is 0 Å². The van der Waals surface area contributed by atoms with Gasteiger partial charge in [-0.3, -0.25) is 4.79 Å². The van der Waals surface area contributed by atoms with Gasteiger partial charge in [0.2, 0.25) is 0 Å². The fourth-order valence-corrected chi connectivity index (χ4v) is 7.27. The van der Waals surface area contributed by atoms with Crippen LogP contribution in [0.4, 0.5) is 0 Å². The van der Waals surface area contributed by atoms with Crippen LogP contribution in [0.1, 0.15) is 79.6 Å². The Hall–Kier alpha value is -1.91. The first kappa shape index (κ1) is 21.3. The van der Waals surface area contributed by atoms with Gasteiger partial charge in [0.25, 0.3) is 0 Å². The molecular formula is C25H35NO4. The summed E-state index contributed by atoms with van der Waals surface area (Å²) in [5, 5.41) is 4.10. The molecule has 0 aliphatic heterocycles. The topological polar surface area (TPSA) is 65.0 Å². The molecule has 4 rings (SSSR count). The molecule has 0 radical (unpaired) electrons. The monoisotopic (exact) mass is 413 g/mol. The molecule has 5 nitrogen and oxygen atoms in total. The molecule has 2 saturated carbocycles. The van der Waals surface area contributed by atoms with E-state index < -0.39 is 0 Å². The first-order chi connectivity index (χ1) is 14.1. The molecule has 0 amide bonds. The van der Waals surface area contributed by atoms with Gasteiger partial charge >= 0.3 is 11.9 Å². The SMILES string of the molecule is CC(=O)O/N=C(\C)C1=CCC2C3CC=C4CC(OC(C)=O)CCC4(C)C3CCC12C. The molecule has 6 unspecified atom stereocenters. The smallest absolute Gasteiger partial charge is 0.331 e. The van der Waals surface area contributed by atoms with Crippen molar-refractivity contribution in [3.63, 3.8) is 0 Å². The lowest BCUT2D eigenvalue weighted by Crippen LogP contribution is -2.50. The summed E-state index contributed by atoms with van der Waals surface area (Å²) in [5.41, 5.74) is 3.96. The molecule has 0 bridgehead atoms. The van der Waals surface area contributed by atoms with E-state index in [1.165, 1.54) is 31.4 Å². The molecule has 0 spiro atoms. The van der Waals surface area contributed by atoms with Crippen molar-refractivity contribution in [3.05, 3.63) is 23.3 Å². The van der Waals surface area contributed by atoms with Crippen molar-refractivity contribution < 1.29 is 19.2 Å². The van der Waals surface area contributed by atoms with Gasteiger partial charge < -0.3 is 9.57 Å². The highest BCUT2D eigenvalue weighted by Gasteiger charge is 2.57. The molecule has 0 heterocycles. The van der Waals surface area contributed by atoms with Crippen molar-refractivity contribution in [2.75, 3.05) is 0 Å². The third-order valence-corrected chi connectivity index (χ3v) is 8.67. The van der Waals surface area contributed by atoms with Crippen molar-refractivity contribution in [1.82, 2.24) is 0 Å². The Morgan fingerprint density at radius 2 is 1.70 bits per heavy atom. The maximum absolute atomic E-state index is 11.4. The Balaban J connectivity index is 1.55. The predicted molar refractivity (Wildman–Crippen MR) is 116 cm³/mol. The Bertz CT molecular complexity index is 840. The van der Waals surface area contributed by atoms with Gasteiger partial charge in [0, 0.05) is 20.3 Å². The van der Waals surface area contributed by atoms with E-state index in [2.05, 4.69) is 31.2 Å². The van der Waals surface area contributed by atoms with E-state index in [9.17, 15) is 9.59 Å².